The van der Waals surface area contributed by atoms with E-state index in [-0.39, 0.29) is 4.90 Å². The summed E-state index contributed by atoms with van der Waals surface area (Å²) in [6, 6.07) is 19.1. The summed E-state index contributed by atoms with van der Waals surface area (Å²) < 4.78 is 30.1. The van der Waals surface area contributed by atoms with E-state index in [1.54, 1.807) is 15.2 Å². The van der Waals surface area contributed by atoms with Crippen LogP contribution >= 0.6 is 0 Å². The van der Waals surface area contributed by atoms with Crippen molar-refractivity contribution in [3.8, 4) is 16.9 Å². The van der Waals surface area contributed by atoms with E-state index in [0.29, 0.717) is 24.7 Å². The fourth-order valence-corrected chi connectivity index (χ4v) is 5.03. The van der Waals surface area contributed by atoms with Gasteiger partial charge >= 0.3 is 0 Å². The van der Waals surface area contributed by atoms with Gasteiger partial charge in [-0.1, -0.05) is 55.5 Å². The van der Waals surface area contributed by atoms with E-state index in [9.17, 15) is 8.42 Å². The van der Waals surface area contributed by atoms with E-state index < -0.39 is 10.0 Å². The summed E-state index contributed by atoms with van der Waals surface area (Å²) in [5.74, 6) is 0.567. The Morgan fingerprint density at radius 2 is 1.52 bits per heavy atom. The first-order valence-electron chi connectivity index (χ1n) is 9.26. The van der Waals surface area contributed by atoms with Crippen molar-refractivity contribution in [3.05, 3.63) is 66.9 Å². The molecule has 2 heterocycles. The Morgan fingerprint density at radius 3 is 2.15 bits per heavy atom. The normalized spacial score (nSPS) is 16.5. The summed E-state index contributed by atoms with van der Waals surface area (Å²) >= 11 is 0. The molecule has 0 unspecified atom stereocenters. The Labute approximate surface area is 160 Å². The molecule has 0 N–H and O–H groups in total. The molecule has 0 bridgehead atoms. The summed E-state index contributed by atoms with van der Waals surface area (Å²) in [5.41, 5.74) is 2.14. The maximum atomic E-state index is 13.4. The van der Waals surface area contributed by atoms with E-state index in [0.717, 1.165) is 24.1 Å². The highest BCUT2D eigenvalue weighted by molar-refractivity contribution is 7.89. The number of para-hydroxylation sites is 1. The lowest BCUT2D eigenvalue weighted by Gasteiger charge is -2.29. The van der Waals surface area contributed by atoms with Crippen molar-refractivity contribution in [2.45, 2.75) is 24.7 Å². The van der Waals surface area contributed by atoms with Crippen LogP contribution in [0.25, 0.3) is 16.9 Å². The number of hydrogen-bond donors (Lipinski definition) is 0. The zero-order valence-corrected chi connectivity index (χ0v) is 16.1. The van der Waals surface area contributed by atoms with E-state index in [1.165, 1.54) is 0 Å². The molecule has 3 aromatic rings. The summed E-state index contributed by atoms with van der Waals surface area (Å²) in [7, 11) is -3.60. The van der Waals surface area contributed by atoms with Crippen molar-refractivity contribution >= 4 is 10.0 Å². The smallest absolute Gasteiger partial charge is 0.239 e. The number of piperidine rings is 1. The van der Waals surface area contributed by atoms with Gasteiger partial charge in [0.05, 0.1) is 11.9 Å². The fraction of sp³-hybridized carbons (Fsp3) is 0.286. The minimum Gasteiger partial charge on any atom is -0.239 e. The number of aromatic nitrogens is 2. The standard InChI is InChI=1S/C21H23N3O2S/c1-17-12-14-23(15-13-17)27(25,26)20-16-24(19-10-6-3-7-11-19)22-21(20)18-8-4-2-5-9-18/h2-11,16-17H,12-15H2,1H3. The SMILES string of the molecule is CC1CCN(S(=O)(=O)c2cn(-c3ccccc3)nc2-c2ccccc2)CC1. The molecule has 0 aliphatic carbocycles. The van der Waals surface area contributed by atoms with Gasteiger partial charge in [0, 0.05) is 18.7 Å². The minimum atomic E-state index is -3.60. The van der Waals surface area contributed by atoms with Crippen molar-refractivity contribution in [1.82, 2.24) is 14.1 Å². The molecule has 0 radical (unpaired) electrons. The lowest BCUT2D eigenvalue weighted by molar-refractivity contribution is 0.288. The van der Waals surface area contributed by atoms with Crippen LogP contribution in [0.15, 0.2) is 71.8 Å². The van der Waals surface area contributed by atoms with Crippen LogP contribution in [0.5, 0.6) is 0 Å². The largest absolute Gasteiger partial charge is 0.246 e. The molecule has 1 aliphatic heterocycles. The molecule has 1 aliphatic rings. The predicted octanol–water partition coefficient (Wildman–Crippen LogP) is 3.96. The van der Waals surface area contributed by atoms with Crippen molar-refractivity contribution in [2.24, 2.45) is 5.92 Å². The number of hydrogen-bond acceptors (Lipinski definition) is 3. The molecular formula is C21H23N3O2S. The van der Waals surface area contributed by atoms with Crippen molar-refractivity contribution in [2.75, 3.05) is 13.1 Å². The molecule has 0 spiro atoms. The third kappa shape index (κ3) is 3.55. The van der Waals surface area contributed by atoms with Gasteiger partial charge in [-0.15, -0.1) is 0 Å². The Hall–Kier alpha value is -2.44. The van der Waals surface area contributed by atoms with Gasteiger partial charge in [-0.25, -0.2) is 13.1 Å². The monoisotopic (exact) mass is 381 g/mol. The van der Waals surface area contributed by atoms with Gasteiger partial charge in [-0.2, -0.15) is 9.40 Å². The summed E-state index contributed by atoms with van der Waals surface area (Å²) in [5, 5.41) is 4.64. The number of rotatable bonds is 4. The van der Waals surface area contributed by atoms with Crippen LogP contribution < -0.4 is 0 Å². The van der Waals surface area contributed by atoms with E-state index >= 15 is 0 Å². The van der Waals surface area contributed by atoms with E-state index in [4.69, 9.17) is 0 Å². The van der Waals surface area contributed by atoms with Gasteiger partial charge in [-0.05, 0) is 30.9 Å². The molecule has 1 fully saturated rings. The van der Waals surface area contributed by atoms with Gasteiger partial charge in [0.2, 0.25) is 10.0 Å². The second-order valence-corrected chi connectivity index (χ2v) is 8.98. The average Bonchev–Trinajstić information content (AvgIpc) is 3.16. The molecule has 5 nitrogen and oxygen atoms in total. The number of benzene rings is 2. The maximum absolute atomic E-state index is 13.4. The first-order valence-corrected chi connectivity index (χ1v) is 10.7. The maximum Gasteiger partial charge on any atom is 0.246 e. The Morgan fingerprint density at radius 1 is 0.926 bits per heavy atom. The summed E-state index contributed by atoms with van der Waals surface area (Å²) in [6.45, 7) is 3.30. The first kappa shape index (κ1) is 17.9. The van der Waals surface area contributed by atoms with Gasteiger partial charge in [-0.3, -0.25) is 0 Å². The third-order valence-electron chi connectivity index (χ3n) is 5.11. The van der Waals surface area contributed by atoms with Crippen molar-refractivity contribution in [1.29, 1.82) is 0 Å². The predicted molar refractivity (Wildman–Crippen MR) is 106 cm³/mol. The van der Waals surface area contributed by atoms with E-state index in [1.807, 2.05) is 60.7 Å². The molecule has 1 aromatic heterocycles. The Bertz CT molecular complexity index is 1010. The van der Waals surface area contributed by atoms with Crippen LogP contribution in [-0.4, -0.2) is 35.6 Å². The van der Waals surface area contributed by atoms with Crippen LogP contribution in [0.2, 0.25) is 0 Å². The lowest BCUT2D eigenvalue weighted by atomic mass is 10.0. The molecule has 2 aromatic carbocycles. The zero-order chi connectivity index (χ0) is 18.9. The molecular weight excluding hydrogens is 358 g/mol. The second-order valence-electron chi connectivity index (χ2n) is 7.07. The molecule has 0 saturated carbocycles. The fourth-order valence-electron chi connectivity index (χ4n) is 3.42. The molecule has 1 saturated heterocycles. The Balaban J connectivity index is 1.82. The molecule has 140 valence electrons. The van der Waals surface area contributed by atoms with Crippen LogP contribution in [-0.2, 0) is 10.0 Å². The molecule has 27 heavy (non-hydrogen) atoms. The molecule has 0 amide bonds. The average molecular weight is 382 g/mol. The topological polar surface area (TPSA) is 55.2 Å². The molecule has 6 heteroatoms. The van der Waals surface area contributed by atoms with Gasteiger partial charge < -0.3 is 0 Å². The van der Waals surface area contributed by atoms with Gasteiger partial charge in [0.15, 0.2) is 0 Å². The lowest BCUT2D eigenvalue weighted by Crippen LogP contribution is -2.37. The van der Waals surface area contributed by atoms with Crippen molar-refractivity contribution in [3.63, 3.8) is 0 Å². The van der Waals surface area contributed by atoms with Crippen LogP contribution in [0.4, 0.5) is 0 Å². The molecule has 0 atom stereocenters. The third-order valence-corrected chi connectivity index (χ3v) is 7.01. The number of nitrogens with zero attached hydrogens (tertiary/aromatic N) is 3. The number of sulfonamides is 1. The summed E-state index contributed by atoms with van der Waals surface area (Å²) in [6.07, 6.45) is 3.43. The van der Waals surface area contributed by atoms with Crippen LogP contribution in [0, 0.1) is 5.92 Å². The van der Waals surface area contributed by atoms with Crippen LogP contribution in [0.1, 0.15) is 19.8 Å². The first-order chi connectivity index (χ1) is 13.1. The highest BCUT2D eigenvalue weighted by Crippen LogP contribution is 2.31. The summed E-state index contributed by atoms with van der Waals surface area (Å²) in [4.78, 5) is 0.270. The van der Waals surface area contributed by atoms with Gasteiger partial charge in [0.1, 0.15) is 10.6 Å². The highest BCUT2D eigenvalue weighted by atomic mass is 32.2. The second kappa shape index (κ2) is 7.29. The molecule has 4 rings (SSSR count). The van der Waals surface area contributed by atoms with E-state index in [2.05, 4.69) is 12.0 Å². The quantitative estimate of drug-likeness (QED) is 0.687. The zero-order valence-electron chi connectivity index (χ0n) is 15.3. The van der Waals surface area contributed by atoms with Crippen molar-refractivity contribution < 1.29 is 8.42 Å². The van der Waals surface area contributed by atoms with Gasteiger partial charge in [0.25, 0.3) is 0 Å². The Kier molecular flexibility index (Phi) is 4.85. The minimum absolute atomic E-state index is 0.270. The van der Waals surface area contributed by atoms with Crippen LogP contribution in [0.3, 0.4) is 0 Å². The highest BCUT2D eigenvalue weighted by Gasteiger charge is 2.32.